The average molecular weight is 353 g/mol. The topological polar surface area (TPSA) is 96.5 Å². The number of rotatable bonds is 7. The summed E-state index contributed by atoms with van der Waals surface area (Å²) >= 11 is 0. The van der Waals surface area contributed by atoms with Gasteiger partial charge >= 0.3 is 0 Å². The number of nitrogens with one attached hydrogen (secondary N) is 3. The summed E-state index contributed by atoms with van der Waals surface area (Å²) < 4.78 is 32.5. The molecule has 2 aliphatic rings. The van der Waals surface area contributed by atoms with Gasteiger partial charge in [-0.2, -0.15) is 0 Å². The largest absolute Gasteiger partial charge is 0.377 e. The third-order valence-corrected chi connectivity index (χ3v) is 5.82. The lowest BCUT2D eigenvalue weighted by Gasteiger charge is -2.25. The summed E-state index contributed by atoms with van der Waals surface area (Å²) in [5.74, 6) is 0.0790. The normalized spacial score (nSPS) is 21.4. The molecular formula is C16H23N3O4S. The fraction of sp³-hybridized carbons (Fsp3) is 0.562. The van der Waals surface area contributed by atoms with E-state index in [9.17, 15) is 13.2 Å². The summed E-state index contributed by atoms with van der Waals surface area (Å²) in [6.45, 7) is 2.84. The fourth-order valence-electron chi connectivity index (χ4n) is 2.69. The zero-order valence-electron chi connectivity index (χ0n) is 13.5. The first-order valence-corrected chi connectivity index (χ1v) is 9.71. The average Bonchev–Trinajstić information content (AvgIpc) is 3.03. The Bertz CT molecular complexity index is 665. The molecule has 7 nitrogen and oxygen atoms in total. The molecule has 132 valence electrons. The Morgan fingerprint density at radius 2 is 2.00 bits per heavy atom. The van der Waals surface area contributed by atoms with Crippen molar-refractivity contribution in [2.24, 2.45) is 5.92 Å². The Labute approximate surface area is 142 Å². The second-order valence-corrected chi connectivity index (χ2v) is 7.97. The number of sulfonamides is 1. The Hall–Kier alpha value is -1.48. The second kappa shape index (κ2) is 7.60. The smallest absolute Gasteiger partial charge is 0.240 e. The Morgan fingerprint density at radius 1 is 1.25 bits per heavy atom. The molecule has 2 fully saturated rings. The van der Waals surface area contributed by atoms with Crippen LogP contribution in [0.2, 0.25) is 0 Å². The van der Waals surface area contributed by atoms with Crippen LogP contribution in [0.5, 0.6) is 0 Å². The molecule has 8 heteroatoms. The van der Waals surface area contributed by atoms with Crippen LogP contribution < -0.4 is 15.4 Å². The quantitative estimate of drug-likeness (QED) is 0.640. The van der Waals surface area contributed by atoms with Crippen molar-refractivity contribution in [3.8, 4) is 0 Å². The Balaban J connectivity index is 1.51. The monoisotopic (exact) mass is 353 g/mol. The molecule has 2 saturated heterocycles. The minimum atomic E-state index is -3.53. The van der Waals surface area contributed by atoms with Crippen LogP contribution in [-0.4, -0.2) is 46.7 Å². The van der Waals surface area contributed by atoms with Crippen molar-refractivity contribution in [3.05, 3.63) is 29.8 Å². The molecule has 0 bridgehead atoms. The van der Waals surface area contributed by atoms with Gasteiger partial charge in [0.15, 0.2) is 0 Å². The molecular weight excluding hydrogens is 330 g/mol. The van der Waals surface area contributed by atoms with Crippen LogP contribution in [0.3, 0.4) is 0 Å². The molecule has 1 amide bonds. The van der Waals surface area contributed by atoms with Gasteiger partial charge in [-0.3, -0.25) is 4.79 Å². The van der Waals surface area contributed by atoms with E-state index in [1.54, 1.807) is 24.3 Å². The van der Waals surface area contributed by atoms with Gasteiger partial charge in [-0.1, -0.05) is 12.1 Å². The summed E-state index contributed by atoms with van der Waals surface area (Å²) in [7, 11) is -3.53. The standard InChI is InChI=1S/C16H23N3O4S/c20-16(13-9-17-10-13)18-8-12-3-5-15(6-4-12)24(21,22)19-11-14-2-1-7-23-14/h3-6,13-14,17,19H,1-2,7-11H2,(H,18,20). The van der Waals surface area contributed by atoms with E-state index in [0.29, 0.717) is 19.7 Å². The van der Waals surface area contributed by atoms with Crippen LogP contribution >= 0.6 is 0 Å². The zero-order chi connectivity index (χ0) is 17.0. The highest BCUT2D eigenvalue weighted by atomic mass is 32.2. The minimum absolute atomic E-state index is 0.0312. The van der Waals surface area contributed by atoms with Gasteiger partial charge in [-0.05, 0) is 30.5 Å². The lowest BCUT2D eigenvalue weighted by molar-refractivity contribution is -0.126. The summed E-state index contributed by atoms with van der Waals surface area (Å²) in [5.41, 5.74) is 0.869. The van der Waals surface area contributed by atoms with E-state index >= 15 is 0 Å². The van der Waals surface area contributed by atoms with E-state index in [0.717, 1.165) is 31.5 Å². The number of carbonyl (C=O) groups excluding carboxylic acids is 1. The molecule has 3 rings (SSSR count). The molecule has 3 N–H and O–H groups in total. The maximum atomic E-state index is 12.3. The maximum absolute atomic E-state index is 12.3. The predicted molar refractivity (Wildman–Crippen MR) is 88.8 cm³/mol. The van der Waals surface area contributed by atoms with Crippen molar-refractivity contribution in [1.29, 1.82) is 0 Å². The molecule has 24 heavy (non-hydrogen) atoms. The Morgan fingerprint density at radius 3 is 2.58 bits per heavy atom. The van der Waals surface area contributed by atoms with E-state index in [1.807, 2.05) is 0 Å². The first-order chi connectivity index (χ1) is 11.5. The summed E-state index contributed by atoms with van der Waals surface area (Å²) in [4.78, 5) is 12.0. The number of hydrogen-bond donors (Lipinski definition) is 3. The first-order valence-electron chi connectivity index (χ1n) is 8.23. The van der Waals surface area contributed by atoms with Crippen LogP contribution in [0, 0.1) is 5.92 Å². The number of ether oxygens (including phenoxy) is 1. The van der Waals surface area contributed by atoms with Crippen molar-refractivity contribution >= 4 is 15.9 Å². The molecule has 0 saturated carbocycles. The molecule has 1 atom stereocenters. The summed E-state index contributed by atoms with van der Waals surface area (Å²) in [5, 5.41) is 5.91. The van der Waals surface area contributed by atoms with E-state index in [4.69, 9.17) is 4.74 Å². The van der Waals surface area contributed by atoms with E-state index in [1.165, 1.54) is 0 Å². The van der Waals surface area contributed by atoms with Gasteiger partial charge in [-0.15, -0.1) is 0 Å². The first kappa shape index (κ1) is 17.3. The lowest BCUT2D eigenvalue weighted by Crippen LogP contribution is -2.50. The lowest BCUT2D eigenvalue weighted by atomic mass is 10.0. The summed E-state index contributed by atoms with van der Waals surface area (Å²) in [6, 6.07) is 6.56. The van der Waals surface area contributed by atoms with Gasteiger partial charge in [0.1, 0.15) is 0 Å². The molecule has 0 aliphatic carbocycles. The van der Waals surface area contributed by atoms with Gasteiger partial charge in [-0.25, -0.2) is 13.1 Å². The van der Waals surface area contributed by atoms with Crippen molar-refractivity contribution in [1.82, 2.24) is 15.4 Å². The van der Waals surface area contributed by atoms with Crippen molar-refractivity contribution in [3.63, 3.8) is 0 Å². The highest BCUT2D eigenvalue weighted by molar-refractivity contribution is 7.89. The third kappa shape index (κ3) is 4.32. The van der Waals surface area contributed by atoms with Crippen LogP contribution in [-0.2, 0) is 26.1 Å². The van der Waals surface area contributed by atoms with Gasteiger partial charge in [0.2, 0.25) is 15.9 Å². The minimum Gasteiger partial charge on any atom is -0.377 e. The molecule has 1 aromatic carbocycles. The van der Waals surface area contributed by atoms with Gasteiger partial charge < -0.3 is 15.4 Å². The highest BCUT2D eigenvalue weighted by Gasteiger charge is 2.24. The molecule has 0 spiro atoms. The molecule has 0 radical (unpaired) electrons. The molecule has 0 aromatic heterocycles. The molecule has 2 heterocycles. The van der Waals surface area contributed by atoms with Crippen LogP contribution in [0.4, 0.5) is 0 Å². The van der Waals surface area contributed by atoms with Crippen molar-refractivity contribution in [2.75, 3.05) is 26.2 Å². The summed E-state index contributed by atoms with van der Waals surface area (Å²) in [6.07, 6.45) is 1.83. The predicted octanol–water partition coefficient (Wildman–Crippen LogP) is -0.0205. The second-order valence-electron chi connectivity index (χ2n) is 6.20. The third-order valence-electron chi connectivity index (χ3n) is 4.38. The number of carbonyl (C=O) groups is 1. The maximum Gasteiger partial charge on any atom is 0.240 e. The number of hydrogen-bond acceptors (Lipinski definition) is 5. The fourth-order valence-corrected chi connectivity index (χ4v) is 3.75. The number of benzene rings is 1. The van der Waals surface area contributed by atoms with Crippen LogP contribution in [0.25, 0.3) is 0 Å². The molecule has 2 aliphatic heterocycles. The molecule has 1 aromatic rings. The van der Waals surface area contributed by atoms with Gasteiger partial charge in [0.05, 0.1) is 16.9 Å². The van der Waals surface area contributed by atoms with E-state index < -0.39 is 10.0 Å². The van der Waals surface area contributed by atoms with Gasteiger partial charge in [0, 0.05) is 32.8 Å². The SMILES string of the molecule is O=C(NCc1ccc(S(=O)(=O)NCC2CCCO2)cc1)C1CNC1. The van der Waals surface area contributed by atoms with E-state index in [2.05, 4.69) is 15.4 Å². The van der Waals surface area contributed by atoms with Crippen molar-refractivity contribution < 1.29 is 17.9 Å². The molecule has 1 unspecified atom stereocenters. The highest BCUT2D eigenvalue weighted by Crippen LogP contribution is 2.14. The van der Waals surface area contributed by atoms with Crippen LogP contribution in [0.15, 0.2) is 29.2 Å². The van der Waals surface area contributed by atoms with E-state index in [-0.39, 0.29) is 22.8 Å². The van der Waals surface area contributed by atoms with Crippen LogP contribution in [0.1, 0.15) is 18.4 Å². The van der Waals surface area contributed by atoms with Gasteiger partial charge in [0.25, 0.3) is 0 Å². The number of amides is 1. The zero-order valence-corrected chi connectivity index (χ0v) is 14.3. The Kier molecular flexibility index (Phi) is 5.50. The van der Waals surface area contributed by atoms with Crippen molar-refractivity contribution in [2.45, 2.75) is 30.4 Å².